The smallest absolute Gasteiger partial charge is 0.252 e. The van der Waals surface area contributed by atoms with Gasteiger partial charge in [0.2, 0.25) is 0 Å². The fourth-order valence-electron chi connectivity index (χ4n) is 5.92. The topological polar surface area (TPSA) is 69.6 Å². The monoisotopic (exact) mass is 412 g/mol. The van der Waals surface area contributed by atoms with Crippen molar-refractivity contribution in [2.24, 2.45) is 0 Å². The molecule has 5 nitrogen and oxygen atoms in total. The Bertz CT molecular complexity index is 1220. The first-order valence-corrected chi connectivity index (χ1v) is 11.0. The number of carbonyl (C=O) groups excluding carboxylic acids is 2. The lowest BCUT2D eigenvalue weighted by Gasteiger charge is -2.30. The zero-order valence-corrected chi connectivity index (χ0v) is 17.4. The Balaban J connectivity index is 1.65. The highest BCUT2D eigenvalue weighted by Gasteiger charge is 2.46. The number of benzene rings is 2. The van der Waals surface area contributed by atoms with Crippen LogP contribution in [0.25, 0.3) is 11.1 Å². The van der Waals surface area contributed by atoms with Gasteiger partial charge in [0, 0.05) is 48.9 Å². The molecule has 6 rings (SSSR count). The Morgan fingerprint density at radius 1 is 1.23 bits per heavy atom. The summed E-state index contributed by atoms with van der Waals surface area (Å²) in [4.78, 5) is 27.5. The predicted octanol–water partition coefficient (Wildman–Crippen LogP) is 3.24. The van der Waals surface area contributed by atoms with Crippen LogP contribution in [0.5, 0.6) is 0 Å². The zero-order chi connectivity index (χ0) is 21.3. The van der Waals surface area contributed by atoms with Gasteiger partial charge in [0.15, 0.2) is 5.78 Å². The normalized spacial score (nSPS) is 21.8. The lowest BCUT2D eigenvalue weighted by atomic mass is 9.82. The second-order valence-corrected chi connectivity index (χ2v) is 8.81. The number of aliphatic hydroxyl groups is 1. The molecule has 2 aromatic rings. The van der Waals surface area contributed by atoms with Crippen molar-refractivity contribution >= 4 is 17.4 Å². The number of ketones is 1. The second-order valence-electron chi connectivity index (χ2n) is 8.81. The van der Waals surface area contributed by atoms with E-state index in [1.165, 1.54) is 22.4 Å². The molecule has 2 heterocycles. The van der Waals surface area contributed by atoms with E-state index >= 15 is 0 Å². The van der Waals surface area contributed by atoms with Crippen LogP contribution in [0.1, 0.15) is 51.9 Å². The van der Waals surface area contributed by atoms with Gasteiger partial charge in [-0.05, 0) is 41.2 Å². The van der Waals surface area contributed by atoms with Gasteiger partial charge in [-0.2, -0.15) is 0 Å². The summed E-state index contributed by atoms with van der Waals surface area (Å²) in [5, 5.41) is 12.6. The maximum atomic E-state index is 13.0. The maximum Gasteiger partial charge on any atom is 0.252 e. The largest absolute Gasteiger partial charge is 0.396 e. The highest BCUT2D eigenvalue weighted by Crippen LogP contribution is 2.55. The first-order chi connectivity index (χ1) is 15.1. The van der Waals surface area contributed by atoms with Gasteiger partial charge in [0.1, 0.15) is 0 Å². The summed E-state index contributed by atoms with van der Waals surface area (Å²) in [5.74, 6) is 0.0933. The SMILES string of the molecule is CC(=O)C1=CC2c3c4c(c5c(c3N(CCCO)C2C=C1)Cc1ccccc1-5)C(=O)NC4. The number of hydrogen-bond acceptors (Lipinski definition) is 4. The number of Topliss-reactive ketones (excluding diaryl/α,β-unsaturated/α-hetero) is 1. The zero-order valence-electron chi connectivity index (χ0n) is 17.4. The summed E-state index contributed by atoms with van der Waals surface area (Å²) in [6.07, 6.45) is 7.62. The van der Waals surface area contributed by atoms with Crippen LogP contribution < -0.4 is 10.2 Å². The number of allylic oxidation sites excluding steroid dienone is 2. The molecule has 156 valence electrons. The minimum absolute atomic E-state index is 0.00164. The van der Waals surface area contributed by atoms with E-state index in [0.717, 1.165) is 40.8 Å². The lowest BCUT2D eigenvalue weighted by Crippen LogP contribution is -2.35. The van der Waals surface area contributed by atoms with Gasteiger partial charge in [-0.1, -0.05) is 42.5 Å². The molecular weight excluding hydrogens is 388 g/mol. The minimum atomic E-state index is -0.00164. The van der Waals surface area contributed by atoms with Crippen LogP contribution in [0.4, 0.5) is 5.69 Å². The molecule has 2 aliphatic carbocycles. The highest BCUT2D eigenvalue weighted by atomic mass is 16.3. The van der Waals surface area contributed by atoms with Crippen molar-refractivity contribution in [1.29, 1.82) is 0 Å². The van der Waals surface area contributed by atoms with Crippen molar-refractivity contribution in [3.8, 4) is 11.1 Å². The molecule has 2 atom stereocenters. The molecular formula is C26H24N2O3. The van der Waals surface area contributed by atoms with Gasteiger partial charge < -0.3 is 15.3 Å². The van der Waals surface area contributed by atoms with Crippen LogP contribution in [0.2, 0.25) is 0 Å². The van der Waals surface area contributed by atoms with Crippen molar-refractivity contribution in [2.45, 2.75) is 38.3 Å². The van der Waals surface area contributed by atoms with Gasteiger partial charge in [0.05, 0.1) is 11.6 Å². The molecule has 0 spiro atoms. The van der Waals surface area contributed by atoms with Crippen molar-refractivity contribution in [2.75, 3.05) is 18.1 Å². The molecule has 0 fully saturated rings. The number of carbonyl (C=O) groups is 2. The number of nitrogens with one attached hydrogen (secondary N) is 1. The van der Waals surface area contributed by atoms with Crippen LogP contribution in [-0.2, 0) is 17.8 Å². The summed E-state index contributed by atoms with van der Waals surface area (Å²) < 4.78 is 0. The van der Waals surface area contributed by atoms with Crippen molar-refractivity contribution < 1.29 is 14.7 Å². The third-order valence-electron chi connectivity index (χ3n) is 7.17. The summed E-state index contributed by atoms with van der Waals surface area (Å²) in [5.41, 5.74) is 9.70. The minimum Gasteiger partial charge on any atom is -0.396 e. The summed E-state index contributed by atoms with van der Waals surface area (Å²) in [6.45, 7) is 3.00. The Labute approximate surface area is 181 Å². The first kappa shape index (κ1) is 18.6. The summed E-state index contributed by atoms with van der Waals surface area (Å²) in [7, 11) is 0. The molecule has 1 amide bonds. The van der Waals surface area contributed by atoms with E-state index in [0.29, 0.717) is 13.0 Å². The average Bonchev–Trinajstić information content (AvgIpc) is 3.43. The maximum absolute atomic E-state index is 13.0. The van der Waals surface area contributed by atoms with E-state index in [4.69, 9.17) is 0 Å². The summed E-state index contributed by atoms with van der Waals surface area (Å²) in [6, 6.07) is 8.45. The molecule has 2 aromatic carbocycles. The number of aliphatic hydroxyl groups excluding tert-OH is 1. The van der Waals surface area contributed by atoms with E-state index in [9.17, 15) is 14.7 Å². The lowest BCUT2D eigenvalue weighted by molar-refractivity contribution is -0.113. The Morgan fingerprint density at radius 3 is 2.87 bits per heavy atom. The molecule has 0 bridgehead atoms. The van der Waals surface area contributed by atoms with Gasteiger partial charge in [-0.15, -0.1) is 0 Å². The van der Waals surface area contributed by atoms with Gasteiger partial charge in [0.25, 0.3) is 5.91 Å². The predicted molar refractivity (Wildman–Crippen MR) is 119 cm³/mol. The third kappa shape index (κ3) is 2.47. The Morgan fingerprint density at radius 2 is 2.06 bits per heavy atom. The molecule has 2 unspecified atom stereocenters. The van der Waals surface area contributed by atoms with E-state index in [1.807, 2.05) is 12.1 Å². The van der Waals surface area contributed by atoms with Crippen LogP contribution in [0.15, 0.2) is 48.1 Å². The molecule has 31 heavy (non-hydrogen) atoms. The van der Waals surface area contributed by atoms with Crippen molar-refractivity contribution in [3.63, 3.8) is 0 Å². The number of hydrogen-bond donors (Lipinski definition) is 2. The fourth-order valence-corrected chi connectivity index (χ4v) is 5.92. The van der Waals surface area contributed by atoms with Gasteiger partial charge in [-0.25, -0.2) is 0 Å². The van der Waals surface area contributed by atoms with E-state index < -0.39 is 0 Å². The Kier molecular flexibility index (Phi) is 3.99. The standard InChI is InChI=1S/C26H24N2O3/c1-14(30)15-7-8-21-18(11-15)23-20-13-27-26(31)24(20)22-17-6-3-2-5-16(17)12-19(22)25(23)28(21)9-4-10-29/h2-3,5-8,11,18,21,29H,4,9-10,12-13H2,1H3,(H,27,31). The molecule has 2 N–H and O–H groups in total. The molecule has 4 aliphatic rings. The number of nitrogens with zero attached hydrogens (tertiary/aromatic N) is 1. The first-order valence-electron chi connectivity index (χ1n) is 11.0. The van der Waals surface area contributed by atoms with Crippen LogP contribution in [0, 0.1) is 0 Å². The van der Waals surface area contributed by atoms with Gasteiger partial charge in [-0.3, -0.25) is 9.59 Å². The molecule has 0 aromatic heterocycles. The van der Waals surface area contributed by atoms with E-state index in [1.54, 1.807) is 6.92 Å². The van der Waals surface area contributed by atoms with Crippen molar-refractivity contribution in [3.05, 3.63) is 75.9 Å². The highest BCUT2D eigenvalue weighted by molar-refractivity contribution is 6.09. The van der Waals surface area contributed by atoms with Crippen LogP contribution in [0.3, 0.4) is 0 Å². The molecule has 0 radical (unpaired) electrons. The van der Waals surface area contributed by atoms with Crippen molar-refractivity contribution in [1.82, 2.24) is 5.32 Å². The Hall–Kier alpha value is -3.18. The fraction of sp³-hybridized carbons (Fsp3) is 0.308. The van der Waals surface area contributed by atoms with Crippen LogP contribution >= 0.6 is 0 Å². The third-order valence-corrected chi connectivity index (χ3v) is 7.17. The molecule has 5 heteroatoms. The van der Waals surface area contributed by atoms with Crippen LogP contribution in [-0.4, -0.2) is 36.0 Å². The van der Waals surface area contributed by atoms with E-state index in [-0.39, 0.29) is 30.3 Å². The number of fused-ring (bicyclic) bond motifs is 10. The van der Waals surface area contributed by atoms with Gasteiger partial charge >= 0.3 is 0 Å². The number of amides is 1. The average molecular weight is 412 g/mol. The number of anilines is 1. The van der Waals surface area contributed by atoms with E-state index in [2.05, 4.69) is 40.6 Å². The molecule has 2 aliphatic heterocycles. The molecule has 0 saturated carbocycles. The second kappa shape index (κ2) is 6.66. The number of rotatable bonds is 4. The summed E-state index contributed by atoms with van der Waals surface area (Å²) >= 11 is 0. The molecule has 0 saturated heterocycles. The quantitative estimate of drug-likeness (QED) is 0.690.